The van der Waals surface area contributed by atoms with Gasteiger partial charge in [0, 0.05) is 5.56 Å². The van der Waals surface area contributed by atoms with Crippen molar-refractivity contribution in [3.05, 3.63) is 59.2 Å². The maximum atomic E-state index is 11.2. The lowest BCUT2D eigenvalue weighted by Crippen LogP contribution is -1.91. The van der Waals surface area contributed by atoms with Crippen LogP contribution in [0.4, 0.5) is 0 Å². The van der Waals surface area contributed by atoms with E-state index in [-0.39, 0.29) is 5.78 Å². The molecule has 18 heavy (non-hydrogen) atoms. The second kappa shape index (κ2) is 4.41. The van der Waals surface area contributed by atoms with Crippen molar-refractivity contribution >= 4 is 5.78 Å². The number of hydrogen-bond donors (Lipinski definition) is 0. The Bertz CT molecular complexity index is 594. The van der Waals surface area contributed by atoms with Gasteiger partial charge in [-0.2, -0.15) is 0 Å². The van der Waals surface area contributed by atoms with Crippen molar-refractivity contribution in [3.8, 4) is 11.1 Å². The molecule has 0 bridgehead atoms. The van der Waals surface area contributed by atoms with Gasteiger partial charge in [0.2, 0.25) is 0 Å². The zero-order valence-corrected chi connectivity index (χ0v) is 10.6. The summed E-state index contributed by atoms with van der Waals surface area (Å²) < 4.78 is 0. The highest BCUT2D eigenvalue weighted by molar-refractivity contribution is 5.94. The van der Waals surface area contributed by atoms with Gasteiger partial charge in [0.25, 0.3) is 0 Å². The summed E-state index contributed by atoms with van der Waals surface area (Å²) >= 11 is 0. The van der Waals surface area contributed by atoms with Crippen molar-refractivity contribution < 1.29 is 4.79 Å². The van der Waals surface area contributed by atoms with Crippen molar-refractivity contribution in [2.24, 2.45) is 0 Å². The summed E-state index contributed by atoms with van der Waals surface area (Å²) in [7, 11) is 0. The molecule has 0 amide bonds. The van der Waals surface area contributed by atoms with Gasteiger partial charge in [-0.05, 0) is 48.4 Å². The minimum Gasteiger partial charge on any atom is -0.295 e. The Morgan fingerprint density at radius 3 is 2.28 bits per heavy atom. The van der Waals surface area contributed by atoms with E-state index in [1.54, 1.807) is 6.92 Å². The van der Waals surface area contributed by atoms with Crippen LogP contribution < -0.4 is 0 Å². The van der Waals surface area contributed by atoms with Crippen LogP contribution in [0, 0.1) is 0 Å². The Morgan fingerprint density at radius 2 is 1.56 bits per heavy atom. The fraction of sp³-hybridized carbons (Fsp3) is 0.235. The fourth-order valence-electron chi connectivity index (χ4n) is 2.65. The maximum Gasteiger partial charge on any atom is 0.159 e. The Kier molecular flexibility index (Phi) is 2.75. The summed E-state index contributed by atoms with van der Waals surface area (Å²) in [6.45, 7) is 1.60. The van der Waals surface area contributed by atoms with Gasteiger partial charge in [-0.25, -0.2) is 0 Å². The van der Waals surface area contributed by atoms with Gasteiger partial charge in [0.05, 0.1) is 0 Å². The van der Waals surface area contributed by atoms with E-state index in [1.165, 1.54) is 41.5 Å². The number of carbonyl (C=O) groups excluding carboxylic acids is 1. The van der Waals surface area contributed by atoms with E-state index in [9.17, 15) is 4.79 Å². The van der Waals surface area contributed by atoms with Crippen LogP contribution in [0.15, 0.2) is 42.5 Å². The van der Waals surface area contributed by atoms with Crippen LogP contribution in [0.3, 0.4) is 0 Å². The number of fused-ring (bicyclic) bond motifs is 1. The van der Waals surface area contributed by atoms with Gasteiger partial charge in [0.1, 0.15) is 0 Å². The van der Waals surface area contributed by atoms with Crippen molar-refractivity contribution in [2.45, 2.75) is 26.2 Å². The summed E-state index contributed by atoms with van der Waals surface area (Å²) in [6.07, 6.45) is 3.70. The SMILES string of the molecule is CC(=O)c1ccc(-c2ccc3c(c2)CCC3)cc1. The molecule has 2 aromatic rings. The van der Waals surface area contributed by atoms with Crippen molar-refractivity contribution in [1.29, 1.82) is 0 Å². The first-order chi connectivity index (χ1) is 8.74. The molecule has 0 N–H and O–H groups in total. The summed E-state index contributed by atoms with van der Waals surface area (Å²) in [5.74, 6) is 0.121. The first-order valence-corrected chi connectivity index (χ1v) is 6.47. The third kappa shape index (κ3) is 1.97. The summed E-state index contributed by atoms with van der Waals surface area (Å²) in [5, 5.41) is 0. The average molecular weight is 236 g/mol. The Labute approximate surface area is 107 Å². The molecule has 0 radical (unpaired) electrons. The smallest absolute Gasteiger partial charge is 0.159 e. The number of hydrogen-bond acceptors (Lipinski definition) is 1. The normalized spacial score (nSPS) is 13.4. The lowest BCUT2D eigenvalue weighted by atomic mass is 9.99. The topological polar surface area (TPSA) is 17.1 Å². The van der Waals surface area contributed by atoms with Crippen LogP contribution >= 0.6 is 0 Å². The van der Waals surface area contributed by atoms with Crippen molar-refractivity contribution in [3.63, 3.8) is 0 Å². The van der Waals surface area contributed by atoms with E-state index in [2.05, 4.69) is 18.2 Å². The van der Waals surface area contributed by atoms with Crippen LogP contribution in [0.2, 0.25) is 0 Å². The van der Waals surface area contributed by atoms with Crippen LogP contribution in [-0.2, 0) is 12.8 Å². The summed E-state index contributed by atoms with van der Waals surface area (Å²) in [6, 6.07) is 14.6. The first kappa shape index (κ1) is 11.2. The molecule has 0 unspecified atom stereocenters. The van der Waals surface area contributed by atoms with E-state index in [4.69, 9.17) is 0 Å². The molecule has 1 heteroatoms. The second-order valence-corrected chi connectivity index (χ2v) is 4.97. The number of ketones is 1. The van der Waals surface area contributed by atoms with Crippen LogP contribution in [0.1, 0.15) is 34.8 Å². The maximum absolute atomic E-state index is 11.2. The van der Waals surface area contributed by atoms with Gasteiger partial charge < -0.3 is 0 Å². The highest BCUT2D eigenvalue weighted by Crippen LogP contribution is 2.28. The van der Waals surface area contributed by atoms with Crippen molar-refractivity contribution in [2.75, 3.05) is 0 Å². The Balaban J connectivity index is 1.97. The number of aryl methyl sites for hydroxylation is 2. The molecule has 0 heterocycles. The molecule has 3 rings (SSSR count). The van der Waals surface area contributed by atoms with Gasteiger partial charge in [-0.1, -0.05) is 42.5 Å². The zero-order chi connectivity index (χ0) is 12.5. The number of carbonyl (C=O) groups is 1. The molecule has 0 aliphatic heterocycles. The largest absolute Gasteiger partial charge is 0.295 e. The third-order valence-corrected chi connectivity index (χ3v) is 3.72. The Hall–Kier alpha value is -1.89. The van der Waals surface area contributed by atoms with Gasteiger partial charge >= 0.3 is 0 Å². The summed E-state index contributed by atoms with van der Waals surface area (Å²) in [4.78, 5) is 11.2. The molecular formula is C17H16O. The highest BCUT2D eigenvalue weighted by Gasteiger charge is 2.11. The summed E-state index contributed by atoms with van der Waals surface area (Å²) in [5.41, 5.74) is 6.21. The highest BCUT2D eigenvalue weighted by atomic mass is 16.1. The molecule has 0 saturated heterocycles. The molecule has 0 atom stereocenters. The average Bonchev–Trinajstić information content (AvgIpc) is 2.86. The molecule has 1 aliphatic carbocycles. The number of Topliss-reactive ketones (excluding diaryl/α,β-unsaturated/α-hetero) is 1. The second-order valence-electron chi connectivity index (χ2n) is 4.97. The van der Waals surface area contributed by atoms with Crippen LogP contribution in [0.25, 0.3) is 11.1 Å². The van der Waals surface area contributed by atoms with E-state index < -0.39 is 0 Å². The van der Waals surface area contributed by atoms with E-state index >= 15 is 0 Å². The Morgan fingerprint density at radius 1 is 0.889 bits per heavy atom. The van der Waals surface area contributed by atoms with E-state index in [0.717, 1.165) is 5.56 Å². The predicted octanol–water partition coefficient (Wildman–Crippen LogP) is 4.04. The molecule has 0 saturated carbocycles. The first-order valence-electron chi connectivity index (χ1n) is 6.47. The van der Waals surface area contributed by atoms with Gasteiger partial charge in [-0.15, -0.1) is 0 Å². The van der Waals surface area contributed by atoms with E-state index in [0.29, 0.717) is 0 Å². The van der Waals surface area contributed by atoms with Crippen LogP contribution in [-0.4, -0.2) is 5.78 Å². The lowest BCUT2D eigenvalue weighted by molar-refractivity contribution is 0.101. The molecule has 2 aromatic carbocycles. The lowest BCUT2D eigenvalue weighted by Gasteiger charge is -2.06. The quantitative estimate of drug-likeness (QED) is 0.719. The minimum absolute atomic E-state index is 0.121. The van der Waals surface area contributed by atoms with Gasteiger partial charge in [0.15, 0.2) is 5.78 Å². The van der Waals surface area contributed by atoms with Crippen LogP contribution in [0.5, 0.6) is 0 Å². The minimum atomic E-state index is 0.121. The molecule has 1 nitrogen and oxygen atoms in total. The predicted molar refractivity (Wildman–Crippen MR) is 73.9 cm³/mol. The van der Waals surface area contributed by atoms with Crippen molar-refractivity contribution in [1.82, 2.24) is 0 Å². The monoisotopic (exact) mass is 236 g/mol. The molecule has 1 aliphatic rings. The molecule has 0 fully saturated rings. The zero-order valence-electron chi connectivity index (χ0n) is 10.6. The molecular weight excluding hydrogens is 220 g/mol. The molecule has 0 spiro atoms. The fourth-order valence-corrected chi connectivity index (χ4v) is 2.65. The van der Waals surface area contributed by atoms with Gasteiger partial charge in [-0.3, -0.25) is 4.79 Å². The van der Waals surface area contributed by atoms with E-state index in [1.807, 2.05) is 24.3 Å². The third-order valence-electron chi connectivity index (χ3n) is 3.72. The number of benzene rings is 2. The molecule has 0 aromatic heterocycles. The standard InChI is InChI=1S/C17H16O/c1-12(18)13-5-7-15(8-6-13)17-10-9-14-3-2-4-16(14)11-17/h5-11H,2-4H2,1H3. The number of rotatable bonds is 2. The molecule has 90 valence electrons.